The summed E-state index contributed by atoms with van der Waals surface area (Å²) in [6.45, 7) is 5.11. The van der Waals surface area contributed by atoms with Crippen LogP contribution in [0.1, 0.15) is 27.7 Å². The lowest BCUT2D eigenvalue weighted by Crippen LogP contribution is -2.52. The monoisotopic (exact) mass is 283 g/mol. The lowest BCUT2D eigenvalue weighted by atomic mass is 10.2. The summed E-state index contributed by atoms with van der Waals surface area (Å²) in [7, 11) is 0. The molecule has 0 aromatic heterocycles. The zero-order valence-electron chi connectivity index (χ0n) is 11.4. The van der Waals surface area contributed by atoms with Gasteiger partial charge in [0.15, 0.2) is 0 Å². The third kappa shape index (κ3) is 8.41. The molecular formula is C11H20F3N3O2. The van der Waals surface area contributed by atoms with Crippen molar-refractivity contribution < 1.29 is 22.8 Å². The molecule has 0 saturated carbocycles. The van der Waals surface area contributed by atoms with Gasteiger partial charge in [0.1, 0.15) is 6.54 Å². The van der Waals surface area contributed by atoms with Crippen molar-refractivity contribution in [3.05, 3.63) is 0 Å². The number of rotatable bonds is 6. The Labute approximate surface area is 110 Å². The lowest BCUT2D eigenvalue weighted by molar-refractivity contribution is -0.139. The standard InChI is InChI=1S/C11H20F3N3O2/c1-6(2)16-10(19)8(4)17-7(3)9(18)15-5-11(12,13)14/h6-8,17H,5H2,1-4H3,(H,15,18)(H,16,19). The molecule has 0 rings (SSSR count). The van der Waals surface area contributed by atoms with Gasteiger partial charge in [-0.2, -0.15) is 13.2 Å². The predicted molar refractivity (Wildman–Crippen MR) is 64.4 cm³/mol. The maximum atomic E-state index is 11.9. The summed E-state index contributed by atoms with van der Waals surface area (Å²) >= 11 is 0. The first kappa shape index (κ1) is 17.7. The average Bonchev–Trinajstić information content (AvgIpc) is 2.23. The summed E-state index contributed by atoms with van der Waals surface area (Å²) in [6.07, 6.45) is -4.45. The quantitative estimate of drug-likeness (QED) is 0.667. The summed E-state index contributed by atoms with van der Waals surface area (Å²) in [5.41, 5.74) is 0. The summed E-state index contributed by atoms with van der Waals surface area (Å²) in [4.78, 5) is 22.9. The Morgan fingerprint density at radius 3 is 1.89 bits per heavy atom. The molecule has 0 bridgehead atoms. The first-order valence-electron chi connectivity index (χ1n) is 5.94. The van der Waals surface area contributed by atoms with Crippen molar-refractivity contribution in [2.45, 2.75) is 52.0 Å². The molecule has 0 saturated heterocycles. The zero-order chi connectivity index (χ0) is 15.2. The summed E-state index contributed by atoms with van der Waals surface area (Å²) in [5, 5.41) is 7.01. The fraction of sp³-hybridized carbons (Fsp3) is 0.818. The van der Waals surface area contributed by atoms with E-state index in [0.29, 0.717) is 0 Å². The fourth-order valence-electron chi connectivity index (χ4n) is 1.28. The molecule has 0 aliphatic carbocycles. The highest BCUT2D eigenvalue weighted by Gasteiger charge is 2.29. The van der Waals surface area contributed by atoms with Crippen LogP contribution in [0.3, 0.4) is 0 Å². The van der Waals surface area contributed by atoms with Crippen molar-refractivity contribution in [3.8, 4) is 0 Å². The molecule has 2 atom stereocenters. The molecule has 5 nitrogen and oxygen atoms in total. The Kier molecular flexibility index (Phi) is 6.82. The van der Waals surface area contributed by atoms with Crippen molar-refractivity contribution in [1.29, 1.82) is 0 Å². The van der Waals surface area contributed by atoms with Gasteiger partial charge in [-0.3, -0.25) is 14.9 Å². The van der Waals surface area contributed by atoms with Crippen LogP contribution in [-0.2, 0) is 9.59 Å². The Hall–Kier alpha value is -1.31. The summed E-state index contributed by atoms with van der Waals surface area (Å²) in [5.74, 6) is -1.12. The van der Waals surface area contributed by atoms with Crippen LogP contribution in [0.4, 0.5) is 13.2 Å². The van der Waals surface area contributed by atoms with Crippen molar-refractivity contribution >= 4 is 11.8 Å². The molecule has 3 N–H and O–H groups in total. The summed E-state index contributed by atoms with van der Waals surface area (Å²) in [6, 6.07) is -1.62. The molecular weight excluding hydrogens is 263 g/mol. The molecule has 0 radical (unpaired) electrons. The number of hydrogen-bond donors (Lipinski definition) is 3. The molecule has 112 valence electrons. The number of amides is 2. The second-order valence-corrected chi connectivity index (χ2v) is 4.61. The average molecular weight is 283 g/mol. The second kappa shape index (κ2) is 7.32. The van der Waals surface area contributed by atoms with E-state index in [0.717, 1.165) is 0 Å². The van der Waals surface area contributed by atoms with Crippen LogP contribution in [0.25, 0.3) is 0 Å². The molecule has 19 heavy (non-hydrogen) atoms. The van der Waals surface area contributed by atoms with Gasteiger partial charge in [-0.05, 0) is 27.7 Å². The van der Waals surface area contributed by atoms with Crippen LogP contribution in [0.2, 0.25) is 0 Å². The first-order valence-corrected chi connectivity index (χ1v) is 5.94. The SMILES string of the molecule is CC(C)NC(=O)C(C)NC(C)C(=O)NCC(F)(F)F. The van der Waals surface area contributed by atoms with Crippen LogP contribution >= 0.6 is 0 Å². The zero-order valence-corrected chi connectivity index (χ0v) is 11.4. The molecule has 0 aromatic rings. The van der Waals surface area contributed by atoms with Gasteiger partial charge >= 0.3 is 6.18 Å². The van der Waals surface area contributed by atoms with E-state index in [-0.39, 0.29) is 11.9 Å². The van der Waals surface area contributed by atoms with E-state index in [1.807, 2.05) is 0 Å². The Morgan fingerprint density at radius 1 is 1.00 bits per heavy atom. The van der Waals surface area contributed by atoms with Gasteiger partial charge in [-0.1, -0.05) is 0 Å². The normalized spacial score (nSPS) is 14.9. The van der Waals surface area contributed by atoms with Gasteiger partial charge in [0.2, 0.25) is 11.8 Å². The van der Waals surface area contributed by atoms with Gasteiger partial charge in [0.05, 0.1) is 12.1 Å². The van der Waals surface area contributed by atoms with Crippen LogP contribution in [0.15, 0.2) is 0 Å². The van der Waals surface area contributed by atoms with Crippen LogP contribution < -0.4 is 16.0 Å². The van der Waals surface area contributed by atoms with Gasteiger partial charge < -0.3 is 10.6 Å². The van der Waals surface area contributed by atoms with Gasteiger partial charge in [-0.25, -0.2) is 0 Å². The predicted octanol–water partition coefficient (Wildman–Crippen LogP) is 0.556. The maximum Gasteiger partial charge on any atom is 0.405 e. The number of alkyl halides is 3. The third-order valence-corrected chi connectivity index (χ3v) is 2.18. The highest BCUT2D eigenvalue weighted by Crippen LogP contribution is 2.12. The van der Waals surface area contributed by atoms with Crippen LogP contribution in [-0.4, -0.2) is 42.7 Å². The van der Waals surface area contributed by atoms with E-state index >= 15 is 0 Å². The number of carbonyl (C=O) groups excluding carboxylic acids is 2. The van der Waals surface area contributed by atoms with E-state index in [4.69, 9.17) is 0 Å². The minimum absolute atomic E-state index is 0.0499. The van der Waals surface area contributed by atoms with Crippen molar-refractivity contribution in [2.24, 2.45) is 0 Å². The molecule has 8 heteroatoms. The number of halogens is 3. The highest BCUT2D eigenvalue weighted by molar-refractivity contribution is 5.84. The van der Waals surface area contributed by atoms with E-state index in [1.165, 1.54) is 13.8 Å². The van der Waals surface area contributed by atoms with Crippen LogP contribution in [0.5, 0.6) is 0 Å². The molecule has 2 amide bonds. The largest absolute Gasteiger partial charge is 0.405 e. The Balaban J connectivity index is 4.18. The van der Waals surface area contributed by atoms with Crippen molar-refractivity contribution in [2.75, 3.05) is 6.54 Å². The van der Waals surface area contributed by atoms with Gasteiger partial charge in [0.25, 0.3) is 0 Å². The number of nitrogens with one attached hydrogen (secondary N) is 3. The molecule has 0 heterocycles. The smallest absolute Gasteiger partial charge is 0.353 e. The summed E-state index contributed by atoms with van der Waals surface area (Å²) < 4.78 is 35.7. The lowest BCUT2D eigenvalue weighted by Gasteiger charge is -2.20. The third-order valence-electron chi connectivity index (χ3n) is 2.18. The maximum absolute atomic E-state index is 11.9. The minimum Gasteiger partial charge on any atom is -0.353 e. The van der Waals surface area contributed by atoms with E-state index in [9.17, 15) is 22.8 Å². The molecule has 0 aliphatic rings. The van der Waals surface area contributed by atoms with Crippen molar-refractivity contribution in [1.82, 2.24) is 16.0 Å². The highest BCUT2D eigenvalue weighted by atomic mass is 19.4. The Bertz CT molecular complexity index is 319. The fourth-order valence-corrected chi connectivity index (χ4v) is 1.28. The molecule has 0 fully saturated rings. The second-order valence-electron chi connectivity index (χ2n) is 4.61. The number of carbonyl (C=O) groups is 2. The minimum atomic E-state index is -4.45. The molecule has 2 unspecified atom stereocenters. The first-order chi connectivity index (χ1) is 8.53. The number of hydrogen-bond acceptors (Lipinski definition) is 3. The van der Waals surface area contributed by atoms with Crippen molar-refractivity contribution in [3.63, 3.8) is 0 Å². The molecule has 0 aliphatic heterocycles. The van der Waals surface area contributed by atoms with E-state index in [2.05, 4.69) is 10.6 Å². The van der Waals surface area contributed by atoms with E-state index < -0.39 is 30.7 Å². The van der Waals surface area contributed by atoms with E-state index in [1.54, 1.807) is 19.2 Å². The molecule has 0 spiro atoms. The van der Waals surface area contributed by atoms with Gasteiger partial charge in [0, 0.05) is 6.04 Å². The molecule has 0 aromatic carbocycles. The van der Waals surface area contributed by atoms with Crippen LogP contribution in [0, 0.1) is 0 Å². The Morgan fingerprint density at radius 2 is 1.47 bits per heavy atom. The van der Waals surface area contributed by atoms with Gasteiger partial charge in [-0.15, -0.1) is 0 Å². The topological polar surface area (TPSA) is 70.2 Å².